The van der Waals surface area contributed by atoms with Crippen LogP contribution in [0.25, 0.3) is 0 Å². The maximum atomic E-state index is 9.21. The molecule has 2 aliphatic rings. The molecule has 90 valence electrons. The molecule has 0 radical (unpaired) electrons. The van der Waals surface area contributed by atoms with E-state index in [0.29, 0.717) is 18.2 Å². The number of hydrogen-bond acceptors (Lipinski definition) is 3. The number of hydrogen-bond donors (Lipinski definition) is 1. The van der Waals surface area contributed by atoms with Gasteiger partial charge in [-0.15, -0.1) is 0 Å². The highest BCUT2D eigenvalue weighted by Gasteiger charge is 2.30. The fourth-order valence-electron chi connectivity index (χ4n) is 2.89. The minimum absolute atomic E-state index is 0.204. The lowest BCUT2D eigenvalue weighted by atomic mass is 9.95. The Morgan fingerprint density at radius 2 is 1.94 bits per heavy atom. The second-order valence-corrected chi connectivity index (χ2v) is 5.12. The average molecular weight is 222 g/mol. The lowest BCUT2D eigenvalue weighted by Crippen LogP contribution is -2.45. The fraction of sp³-hybridized carbons (Fsp3) is 0.923. The van der Waals surface area contributed by atoms with Gasteiger partial charge in [-0.1, -0.05) is 19.3 Å². The molecule has 0 amide bonds. The molecule has 0 bridgehead atoms. The third kappa shape index (κ3) is 2.75. The lowest BCUT2D eigenvalue weighted by molar-refractivity contribution is 0.109. The molecule has 3 nitrogen and oxygen atoms in total. The molecule has 1 aliphatic carbocycles. The van der Waals surface area contributed by atoms with Crippen molar-refractivity contribution in [3.63, 3.8) is 0 Å². The largest absolute Gasteiger partial charge is 0.377 e. The zero-order valence-electron chi connectivity index (χ0n) is 10.1. The van der Waals surface area contributed by atoms with Crippen molar-refractivity contribution in [1.29, 1.82) is 5.26 Å². The van der Waals surface area contributed by atoms with Crippen molar-refractivity contribution < 1.29 is 4.74 Å². The highest BCUT2D eigenvalue weighted by molar-refractivity contribution is 4.96. The van der Waals surface area contributed by atoms with Gasteiger partial charge in [-0.05, 0) is 26.2 Å². The predicted molar refractivity (Wildman–Crippen MR) is 62.9 cm³/mol. The molecule has 0 aromatic carbocycles. The smallest absolute Gasteiger partial charge is 0.0700 e. The van der Waals surface area contributed by atoms with Crippen LogP contribution in [0.3, 0.4) is 0 Å². The molecule has 1 saturated carbocycles. The minimum atomic E-state index is 0.204. The molecule has 2 fully saturated rings. The van der Waals surface area contributed by atoms with Gasteiger partial charge in [0.25, 0.3) is 0 Å². The third-order valence-corrected chi connectivity index (χ3v) is 3.99. The summed E-state index contributed by atoms with van der Waals surface area (Å²) in [7, 11) is 0. The van der Waals surface area contributed by atoms with Crippen LogP contribution in [-0.4, -0.2) is 24.8 Å². The quantitative estimate of drug-likeness (QED) is 0.729. The van der Waals surface area contributed by atoms with E-state index in [0.717, 1.165) is 25.9 Å². The number of nitrogens with zero attached hydrogens (tertiary/aromatic N) is 1. The van der Waals surface area contributed by atoms with Gasteiger partial charge in [-0.25, -0.2) is 0 Å². The van der Waals surface area contributed by atoms with Crippen molar-refractivity contribution in [2.45, 2.75) is 63.6 Å². The molecule has 1 N–H and O–H groups in total. The molecule has 3 heteroatoms. The van der Waals surface area contributed by atoms with Crippen LogP contribution in [0.5, 0.6) is 0 Å². The lowest BCUT2D eigenvalue weighted by Gasteiger charge is -2.26. The standard InChI is InChI=1S/C13H22N2O/c1-10-12(7-8-16-10)15-13-6-4-2-3-5-11(13)9-14/h10-13,15H,2-8H2,1H3. The summed E-state index contributed by atoms with van der Waals surface area (Å²) in [4.78, 5) is 0. The second-order valence-electron chi connectivity index (χ2n) is 5.12. The summed E-state index contributed by atoms with van der Waals surface area (Å²) in [6.45, 7) is 2.99. The van der Waals surface area contributed by atoms with Crippen molar-refractivity contribution in [3.05, 3.63) is 0 Å². The first-order valence-corrected chi connectivity index (χ1v) is 6.58. The van der Waals surface area contributed by atoms with Crippen LogP contribution in [-0.2, 0) is 4.74 Å². The Hall–Kier alpha value is -0.590. The van der Waals surface area contributed by atoms with Crippen LogP contribution in [0.2, 0.25) is 0 Å². The monoisotopic (exact) mass is 222 g/mol. The van der Waals surface area contributed by atoms with Gasteiger partial charge in [0, 0.05) is 18.7 Å². The molecule has 16 heavy (non-hydrogen) atoms. The van der Waals surface area contributed by atoms with E-state index in [1.807, 2.05) is 0 Å². The zero-order chi connectivity index (χ0) is 11.4. The topological polar surface area (TPSA) is 45.0 Å². The molecule has 0 aromatic heterocycles. The van der Waals surface area contributed by atoms with E-state index in [-0.39, 0.29) is 5.92 Å². The van der Waals surface area contributed by atoms with E-state index < -0.39 is 0 Å². The van der Waals surface area contributed by atoms with Crippen LogP contribution in [0, 0.1) is 17.2 Å². The Bertz CT molecular complexity index is 261. The first-order valence-electron chi connectivity index (χ1n) is 6.58. The van der Waals surface area contributed by atoms with E-state index >= 15 is 0 Å². The Morgan fingerprint density at radius 1 is 1.12 bits per heavy atom. The summed E-state index contributed by atoms with van der Waals surface area (Å²) < 4.78 is 5.56. The summed E-state index contributed by atoms with van der Waals surface area (Å²) in [6.07, 6.45) is 7.38. The van der Waals surface area contributed by atoms with E-state index in [1.54, 1.807) is 0 Å². The number of ether oxygens (including phenoxy) is 1. The first kappa shape index (κ1) is 11.9. The van der Waals surface area contributed by atoms with Gasteiger partial charge < -0.3 is 10.1 Å². The summed E-state index contributed by atoms with van der Waals surface area (Å²) >= 11 is 0. The van der Waals surface area contributed by atoms with Crippen molar-refractivity contribution >= 4 is 0 Å². The van der Waals surface area contributed by atoms with Gasteiger partial charge in [0.1, 0.15) is 0 Å². The van der Waals surface area contributed by atoms with Crippen molar-refractivity contribution in [3.8, 4) is 6.07 Å². The van der Waals surface area contributed by atoms with Gasteiger partial charge in [-0.2, -0.15) is 5.26 Å². The summed E-state index contributed by atoms with van der Waals surface area (Å²) in [6, 6.07) is 3.33. The normalized spacial score (nSPS) is 40.2. The molecule has 1 saturated heterocycles. The maximum absolute atomic E-state index is 9.21. The van der Waals surface area contributed by atoms with Crippen LogP contribution in [0.1, 0.15) is 45.4 Å². The molecule has 4 unspecified atom stereocenters. The highest BCUT2D eigenvalue weighted by atomic mass is 16.5. The first-order chi connectivity index (χ1) is 7.81. The highest BCUT2D eigenvalue weighted by Crippen LogP contribution is 2.25. The van der Waals surface area contributed by atoms with Gasteiger partial charge in [-0.3, -0.25) is 0 Å². The van der Waals surface area contributed by atoms with Crippen LogP contribution in [0.15, 0.2) is 0 Å². The van der Waals surface area contributed by atoms with E-state index in [9.17, 15) is 5.26 Å². The second kappa shape index (κ2) is 5.65. The molecule has 0 spiro atoms. The van der Waals surface area contributed by atoms with Gasteiger partial charge in [0.05, 0.1) is 18.1 Å². The van der Waals surface area contributed by atoms with Crippen LogP contribution in [0.4, 0.5) is 0 Å². The van der Waals surface area contributed by atoms with E-state index in [4.69, 9.17) is 4.74 Å². The molecular formula is C13H22N2O. The Morgan fingerprint density at radius 3 is 2.62 bits per heavy atom. The van der Waals surface area contributed by atoms with Crippen molar-refractivity contribution in [2.75, 3.05) is 6.61 Å². The van der Waals surface area contributed by atoms with Gasteiger partial charge >= 0.3 is 0 Å². The fourth-order valence-corrected chi connectivity index (χ4v) is 2.89. The van der Waals surface area contributed by atoms with Gasteiger partial charge in [0.15, 0.2) is 0 Å². The third-order valence-electron chi connectivity index (χ3n) is 3.99. The Balaban J connectivity index is 1.92. The van der Waals surface area contributed by atoms with Crippen molar-refractivity contribution in [2.24, 2.45) is 5.92 Å². The van der Waals surface area contributed by atoms with Crippen molar-refractivity contribution in [1.82, 2.24) is 5.32 Å². The number of nitriles is 1. The number of nitrogens with one attached hydrogen (secondary N) is 1. The van der Waals surface area contributed by atoms with E-state index in [2.05, 4.69) is 18.3 Å². The van der Waals surface area contributed by atoms with E-state index in [1.165, 1.54) is 19.3 Å². The maximum Gasteiger partial charge on any atom is 0.0700 e. The Kier molecular flexibility index (Phi) is 4.20. The van der Waals surface area contributed by atoms with Crippen LogP contribution >= 0.6 is 0 Å². The summed E-state index contributed by atoms with van der Waals surface area (Å²) in [5.41, 5.74) is 0. The minimum Gasteiger partial charge on any atom is -0.377 e. The van der Waals surface area contributed by atoms with Gasteiger partial charge in [0.2, 0.25) is 0 Å². The van der Waals surface area contributed by atoms with Crippen LogP contribution < -0.4 is 5.32 Å². The SMILES string of the molecule is CC1OCCC1NC1CCCCCC1C#N. The average Bonchev–Trinajstić information content (AvgIpc) is 2.56. The zero-order valence-corrected chi connectivity index (χ0v) is 10.1. The molecule has 1 heterocycles. The molecule has 0 aromatic rings. The predicted octanol–water partition coefficient (Wildman–Crippen LogP) is 2.23. The number of rotatable bonds is 2. The summed E-state index contributed by atoms with van der Waals surface area (Å²) in [5.74, 6) is 0.204. The molecule has 2 rings (SSSR count). The molecule has 4 atom stereocenters. The summed E-state index contributed by atoms with van der Waals surface area (Å²) in [5, 5.41) is 12.9. The Labute approximate surface area is 98.2 Å². The molecule has 1 aliphatic heterocycles. The molecular weight excluding hydrogens is 200 g/mol.